The zero-order valence-corrected chi connectivity index (χ0v) is 14.7. The molecule has 3 amide bonds. The molecule has 0 bridgehead atoms. The number of rotatable bonds is 2. The Morgan fingerprint density at radius 2 is 1.54 bits per heavy atom. The molecule has 1 aliphatic rings. The van der Waals surface area contributed by atoms with E-state index in [0.29, 0.717) is 26.2 Å². The molecule has 1 aliphatic heterocycles. The largest absolute Gasteiger partial charge is 0.334 e. The molecular formula is C18H21N3O2S. The number of carbonyl (C=O) groups is 2. The summed E-state index contributed by atoms with van der Waals surface area (Å²) in [5, 5.41) is 2.90. The number of hydrogen-bond donors (Lipinski definition) is 1. The molecule has 0 atom stereocenters. The van der Waals surface area contributed by atoms with Crippen LogP contribution in [0.1, 0.15) is 20.1 Å². The van der Waals surface area contributed by atoms with Gasteiger partial charge < -0.3 is 15.1 Å². The number of hydrogen-bond acceptors (Lipinski definition) is 3. The predicted molar refractivity (Wildman–Crippen MR) is 96.7 cm³/mol. The molecule has 1 N–H and O–H groups in total. The Hall–Kier alpha value is -2.34. The number of aryl methyl sites for hydroxylation is 2. The van der Waals surface area contributed by atoms with Crippen LogP contribution >= 0.6 is 11.3 Å². The number of thiophene rings is 1. The minimum atomic E-state index is -0.113. The Morgan fingerprint density at radius 3 is 2.12 bits per heavy atom. The predicted octanol–water partition coefficient (Wildman–Crippen LogP) is 3.35. The maximum atomic E-state index is 12.4. The molecule has 1 saturated heterocycles. The van der Waals surface area contributed by atoms with E-state index in [9.17, 15) is 9.59 Å². The molecule has 0 radical (unpaired) electrons. The number of carbonyl (C=O) groups excluding carboxylic acids is 2. The highest BCUT2D eigenvalue weighted by atomic mass is 32.1. The molecule has 5 nitrogen and oxygen atoms in total. The second-order valence-electron chi connectivity index (χ2n) is 5.99. The highest BCUT2D eigenvalue weighted by molar-refractivity contribution is 7.13. The van der Waals surface area contributed by atoms with Crippen molar-refractivity contribution in [1.82, 2.24) is 9.80 Å². The van der Waals surface area contributed by atoms with Crippen LogP contribution in [0.2, 0.25) is 0 Å². The van der Waals surface area contributed by atoms with Crippen LogP contribution in [0.25, 0.3) is 0 Å². The SMILES string of the molecule is Cc1ccc(NC(=O)N2CCN(C(=O)c3ccc(C)s3)CC2)cc1. The summed E-state index contributed by atoms with van der Waals surface area (Å²) >= 11 is 1.52. The topological polar surface area (TPSA) is 52.7 Å². The highest BCUT2D eigenvalue weighted by Crippen LogP contribution is 2.18. The van der Waals surface area contributed by atoms with E-state index in [1.54, 1.807) is 4.90 Å². The molecule has 1 aromatic heterocycles. The van der Waals surface area contributed by atoms with Crippen molar-refractivity contribution in [2.75, 3.05) is 31.5 Å². The average Bonchev–Trinajstić information content (AvgIpc) is 3.03. The number of urea groups is 1. The normalized spacial score (nSPS) is 14.6. The van der Waals surface area contributed by atoms with Gasteiger partial charge in [-0.05, 0) is 38.1 Å². The lowest BCUT2D eigenvalue weighted by molar-refractivity contribution is 0.0676. The monoisotopic (exact) mass is 343 g/mol. The maximum Gasteiger partial charge on any atom is 0.321 e. The fraction of sp³-hybridized carbons (Fsp3) is 0.333. The van der Waals surface area contributed by atoms with Gasteiger partial charge in [0.15, 0.2) is 0 Å². The van der Waals surface area contributed by atoms with Crippen molar-refractivity contribution >= 4 is 29.0 Å². The average molecular weight is 343 g/mol. The number of amides is 3. The number of benzene rings is 1. The Balaban J connectivity index is 1.53. The molecule has 0 spiro atoms. The third-order valence-corrected chi connectivity index (χ3v) is 5.10. The summed E-state index contributed by atoms with van der Waals surface area (Å²) in [6.07, 6.45) is 0. The molecule has 0 unspecified atom stereocenters. The molecule has 1 fully saturated rings. The van der Waals surface area contributed by atoms with Crippen LogP contribution < -0.4 is 5.32 Å². The van der Waals surface area contributed by atoms with Crippen LogP contribution in [0.3, 0.4) is 0 Å². The van der Waals surface area contributed by atoms with Crippen molar-refractivity contribution in [3.63, 3.8) is 0 Å². The van der Waals surface area contributed by atoms with Crippen LogP contribution in [0.5, 0.6) is 0 Å². The van der Waals surface area contributed by atoms with E-state index in [1.807, 2.05) is 55.1 Å². The summed E-state index contributed by atoms with van der Waals surface area (Å²) in [7, 11) is 0. The van der Waals surface area contributed by atoms with E-state index in [1.165, 1.54) is 11.3 Å². The first-order chi connectivity index (χ1) is 11.5. The standard InChI is InChI=1S/C18H21N3O2S/c1-13-3-6-15(7-4-13)19-18(23)21-11-9-20(10-12-21)17(22)16-8-5-14(2)24-16/h3-8H,9-12H2,1-2H3,(H,19,23). The zero-order valence-electron chi connectivity index (χ0n) is 13.9. The summed E-state index contributed by atoms with van der Waals surface area (Å²) in [5.41, 5.74) is 1.95. The Bertz CT molecular complexity index is 731. The third kappa shape index (κ3) is 3.76. The fourth-order valence-electron chi connectivity index (χ4n) is 2.66. The lowest BCUT2D eigenvalue weighted by Crippen LogP contribution is -2.51. The van der Waals surface area contributed by atoms with Gasteiger partial charge in [0.1, 0.15) is 0 Å². The second-order valence-corrected chi connectivity index (χ2v) is 7.27. The van der Waals surface area contributed by atoms with Gasteiger partial charge in [0, 0.05) is 36.7 Å². The lowest BCUT2D eigenvalue weighted by atomic mass is 10.2. The molecule has 1 aromatic carbocycles. The first-order valence-corrected chi connectivity index (χ1v) is 8.83. The zero-order chi connectivity index (χ0) is 17.1. The van der Waals surface area contributed by atoms with E-state index in [4.69, 9.17) is 0 Å². The third-order valence-electron chi connectivity index (χ3n) is 4.11. The summed E-state index contributed by atoms with van der Waals surface area (Å²) in [6, 6.07) is 11.4. The van der Waals surface area contributed by atoms with Crippen molar-refractivity contribution in [2.24, 2.45) is 0 Å². The molecule has 126 valence electrons. The number of nitrogens with one attached hydrogen (secondary N) is 1. The smallest absolute Gasteiger partial charge is 0.321 e. The molecule has 6 heteroatoms. The minimum Gasteiger partial charge on any atom is -0.334 e. The Labute approximate surface area is 145 Å². The van der Waals surface area contributed by atoms with Crippen molar-refractivity contribution in [1.29, 1.82) is 0 Å². The van der Waals surface area contributed by atoms with E-state index in [2.05, 4.69) is 5.32 Å². The highest BCUT2D eigenvalue weighted by Gasteiger charge is 2.25. The second kappa shape index (κ2) is 7.05. The van der Waals surface area contributed by atoms with Gasteiger partial charge in [-0.1, -0.05) is 17.7 Å². The van der Waals surface area contributed by atoms with Crippen molar-refractivity contribution in [3.05, 3.63) is 51.7 Å². The van der Waals surface area contributed by atoms with Crippen LogP contribution in [-0.4, -0.2) is 47.9 Å². The number of anilines is 1. The molecule has 3 rings (SSSR count). The van der Waals surface area contributed by atoms with Gasteiger partial charge in [-0.3, -0.25) is 4.79 Å². The van der Waals surface area contributed by atoms with Gasteiger partial charge in [-0.25, -0.2) is 4.79 Å². The Kier molecular flexibility index (Phi) is 4.85. The first-order valence-electron chi connectivity index (χ1n) is 8.01. The van der Waals surface area contributed by atoms with Crippen molar-refractivity contribution in [3.8, 4) is 0 Å². The molecule has 2 aromatic rings. The van der Waals surface area contributed by atoms with Gasteiger partial charge in [0.25, 0.3) is 5.91 Å². The van der Waals surface area contributed by atoms with Crippen molar-refractivity contribution < 1.29 is 9.59 Å². The van der Waals surface area contributed by atoms with Gasteiger partial charge >= 0.3 is 6.03 Å². The molecule has 0 saturated carbocycles. The van der Waals surface area contributed by atoms with Crippen LogP contribution in [0.4, 0.5) is 10.5 Å². The van der Waals surface area contributed by atoms with E-state index in [0.717, 1.165) is 21.0 Å². The van der Waals surface area contributed by atoms with E-state index < -0.39 is 0 Å². The van der Waals surface area contributed by atoms with Gasteiger partial charge in [0.2, 0.25) is 0 Å². The van der Waals surface area contributed by atoms with Gasteiger partial charge in [0.05, 0.1) is 4.88 Å². The van der Waals surface area contributed by atoms with Crippen LogP contribution in [0.15, 0.2) is 36.4 Å². The Morgan fingerprint density at radius 1 is 0.917 bits per heavy atom. The summed E-state index contributed by atoms with van der Waals surface area (Å²) in [4.78, 5) is 30.2. The molecule has 0 aliphatic carbocycles. The number of nitrogens with zero attached hydrogens (tertiary/aromatic N) is 2. The minimum absolute atomic E-state index is 0.0618. The first kappa shape index (κ1) is 16.5. The van der Waals surface area contributed by atoms with Gasteiger partial charge in [-0.15, -0.1) is 11.3 Å². The van der Waals surface area contributed by atoms with Gasteiger partial charge in [-0.2, -0.15) is 0 Å². The molecule has 24 heavy (non-hydrogen) atoms. The lowest BCUT2D eigenvalue weighted by Gasteiger charge is -2.34. The van der Waals surface area contributed by atoms with Crippen LogP contribution in [0, 0.1) is 13.8 Å². The molecular weight excluding hydrogens is 322 g/mol. The fourth-order valence-corrected chi connectivity index (χ4v) is 3.49. The van der Waals surface area contributed by atoms with Crippen molar-refractivity contribution in [2.45, 2.75) is 13.8 Å². The van der Waals surface area contributed by atoms with E-state index >= 15 is 0 Å². The summed E-state index contributed by atoms with van der Waals surface area (Å²) in [6.45, 7) is 6.24. The molecule has 2 heterocycles. The quantitative estimate of drug-likeness (QED) is 0.909. The summed E-state index contributed by atoms with van der Waals surface area (Å²) < 4.78 is 0. The van der Waals surface area contributed by atoms with Crippen LogP contribution in [-0.2, 0) is 0 Å². The number of piperazine rings is 1. The maximum absolute atomic E-state index is 12.4. The summed E-state index contributed by atoms with van der Waals surface area (Å²) in [5.74, 6) is 0.0618. The van der Waals surface area contributed by atoms with E-state index in [-0.39, 0.29) is 11.9 Å².